The molecule has 1 heterocycles. The number of Topliss-reactive ketones (excluding diaryl/α,β-unsaturated/α-hetero) is 1. The van der Waals surface area contributed by atoms with Gasteiger partial charge in [0, 0.05) is 18.9 Å². The summed E-state index contributed by atoms with van der Waals surface area (Å²) in [6, 6.07) is 15.3. The number of benzene rings is 3. The van der Waals surface area contributed by atoms with Crippen LogP contribution in [0.1, 0.15) is 165 Å². The lowest BCUT2D eigenvalue weighted by Crippen LogP contribution is -2.46. The molecule has 57 heavy (non-hydrogen) atoms. The van der Waals surface area contributed by atoms with E-state index in [0.29, 0.717) is 36.5 Å². The summed E-state index contributed by atoms with van der Waals surface area (Å²) in [6.45, 7) is 20.8. The summed E-state index contributed by atoms with van der Waals surface area (Å²) >= 11 is 0. The van der Waals surface area contributed by atoms with Crippen molar-refractivity contribution in [2.75, 3.05) is 0 Å². The molecule has 318 valence electrons. The van der Waals surface area contributed by atoms with Crippen molar-refractivity contribution >= 4 is 11.7 Å². The van der Waals surface area contributed by atoms with Crippen molar-refractivity contribution in [3.8, 4) is 16.9 Å². The summed E-state index contributed by atoms with van der Waals surface area (Å²) in [4.78, 5) is 23.1. The number of carbonyl (C=O) groups excluding carboxylic acids is 2. The van der Waals surface area contributed by atoms with E-state index in [4.69, 9.17) is 4.74 Å². The molecule has 0 aromatic heterocycles. The maximum atomic E-state index is 13.3. The zero-order chi connectivity index (χ0) is 43.1. The first-order valence-corrected chi connectivity index (χ1v) is 20.7. The quantitative estimate of drug-likeness (QED) is 0.112. The Kier molecular flexibility index (Phi) is 19.4. The van der Waals surface area contributed by atoms with Crippen LogP contribution in [0.2, 0.25) is 0 Å². The van der Waals surface area contributed by atoms with Crippen molar-refractivity contribution in [1.82, 2.24) is 10.6 Å². The fourth-order valence-electron chi connectivity index (χ4n) is 7.16. The minimum Gasteiger partial charge on any atom is -0.432 e. The molecule has 0 spiro atoms. The molecule has 0 radical (unpaired) electrons. The molecule has 10 heteroatoms. The van der Waals surface area contributed by atoms with Crippen molar-refractivity contribution in [2.24, 2.45) is 5.92 Å². The number of rotatable bonds is 16. The molecule has 1 aliphatic rings. The highest BCUT2D eigenvalue weighted by Crippen LogP contribution is 2.38. The van der Waals surface area contributed by atoms with Crippen LogP contribution in [0, 0.1) is 26.7 Å². The van der Waals surface area contributed by atoms with Gasteiger partial charge in [0.25, 0.3) is 0 Å². The van der Waals surface area contributed by atoms with E-state index in [-0.39, 0.29) is 17.2 Å². The number of ketones is 1. The number of para-hydroxylation sites is 1. The molecule has 5 nitrogen and oxygen atoms in total. The Morgan fingerprint density at radius 3 is 1.98 bits per heavy atom. The number of aryl methyl sites for hydroxylation is 3. The van der Waals surface area contributed by atoms with Gasteiger partial charge in [-0.05, 0) is 117 Å². The van der Waals surface area contributed by atoms with Crippen LogP contribution in [0.25, 0.3) is 11.1 Å². The topological polar surface area (TPSA) is 67.4 Å². The summed E-state index contributed by atoms with van der Waals surface area (Å²) < 4.78 is 70.3. The van der Waals surface area contributed by atoms with E-state index in [9.17, 15) is 31.5 Å². The number of nitrogens with one attached hydrogen (secondary N) is 2. The molecule has 3 aromatic carbocycles. The van der Waals surface area contributed by atoms with Crippen molar-refractivity contribution in [3.05, 3.63) is 88.0 Å². The van der Waals surface area contributed by atoms with Crippen LogP contribution in [0.5, 0.6) is 5.75 Å². The number of halogens is 5. The maximum Gasteiger partial charge on any atom is 0.416 e. The Balaban J connectivity index is 0.000000332. The lowest BCUT2D eigenvalue weighted by atomic mass is 9.85. The van der Waals surface area contributed by atoms with Gasteiger partial charge in [0.2, 0.25) is 5.91 Å². The fourth-order valence-corrected chi connectivity index (χ4v) is 7.16. The maximum absolute atomic E-state index is 13.3. The molecule has 1 amide bonds. The number of amides is 1. The van der Waals surface area contributed by atoms with Crippen LogP contribution in [-0.4, -0.2) is 23.3 Å². The molecule has 1 fully saturated rings. The van der Waals surface area contributed by atoms with Crippen LogP contribution >= 0.6 is 0 Å². The molecule has 4 unspecified atom stereocenters. The van der Waals surface area contributed by atoms with Gasteiger partial charge in [-0.2, -0.15) is 22.0 Å². The van der Waals surface area contributed by atoms with E-state index in [2.05, 4.69) is 57.4 Å². The largest absolute Gasteiger partial charge is 0.432 e. The fraction of sp³-hybridized carbons (Fsp3) is 0.574. The van der Waals surface area contributed by atoms with Crippen molar-refractivity contribution in [3.63, 3.8) is 0 Å². The normalized spacial score (nSPS) is 17.8. The number of alkyl halides is 5. The van der Waals surface area contributed by atoms with Gasteiger partial charge < -0.3 is 14.8 Å². The van der Waals surface area contributed by atoms with Crippen LogP contribution in [0.4, 0.5) is 22.0 Å². The lowest BCUT2D eigenvalue weighted by molar-refractivity contribution is -0.159. The third-order valence-corrected chi connectivity index (χ3v) is 10.8. The first-order chi connectivity index (χ1) is 26.6. The van der Waals surface area contributed by atoms with E-state index >= 15 is 0 Å². The van der Waals surface area contributed by atoms with Crippen LogP contribution in [-0.2, 0) is 15.8 Å². The van der Waals surface area contributed by atoms with Crippen molar-refractivity contribution in [1.29, 1.82) is 0 Å². The van der Waals surface area contributed by atoms with Gasteiger partial charge in [0.15, 0.2) is 0 Å². The highest BCUT2D eigenvalue weighted by Gasteiger charge is 2.46. The summed E-state index contributed by atoms with van der Waals surface area (Å²) in [7, 11) is 0. The third-order valence-electron chi connectivity index (χ3n) is 10.8. The first kappa shape index (κ1) is 49.4. The van der Waals surface area contributed by atoms with Gasteiger partial charge in [0.1, 0.15) is 17.7 Å². The minimum atomic E-state index is -4.30. The van der Waals surface area contributed by atoms with Crippen LogP contribution in [0.3, 0.4) is 0 Å². The van der Waals surface area contributed by atoms with Gasteiger partial charge in [-0.1, -0.05) is 110 Å². The molecular formula is C47H67F5N2O3. The summed E-state index contributed by atoms with van der Waals surface area (Å²) in [6.07, 6.45) is 1.49. The molecule has 4 atom stereocenters. The molecule has 0 bridgehead atoms. The number of ether oxygens (including phenoxy) is 1. The monoisotopic (exact) mass is 803 g/mol. The Morgan fingerprint density at radius 2 is 1.47 bits per heavy atom. The third kappa shape index (κ3) is 15.1. The van der Waals surface area contributed by atoms with Gasteiger partial charge in [-0.3, -0.25) is 10.1 Å². The molecule has 2 N–H and O–H groups in total. The SMILES string of the molecule is CCC(C)c1cc(C)c(-c2ccc(C(F)(F)F)c(C)c2)c(C)c1.CCCC1(CCC(C)CC)NC(c2ccccc2OC(C)(F)F)NC1=O.CCCCCC(C)=O. The van der Waals surface area contributed by atoms with Gasteiger partial charge in [-0.25, -0.2) is 0 Å². The molecule has 3 aromatic rings. The minimum absolute atomic E-state index is 0.0642. The Morgan fingerprint density at radius 1 is 0.842 bits per heavy atom. The first-order valence-electron chi connectivity index (χ1n) is 20.7. The summed E-state index contributed by atoms with van der Waals surface area (Å²) in [5.41, 5.74) is 4.95. The second kappa shape index (κ2) is 22.4. The summed E-state index contributed by atoms with van der Waals surface area (Å²) in [5.74, 6) is 1.35. The lowest BCUT2D eigenvalue weighted by Gasteiger charge is -2.28. The van der Waals surface area contributed by atoms with Gasteiger partial charge in [0.05, 0.1) is 11.1 Å². The zero-order valence-corrected chi connectivity index (χ0v) is 36.1. The number of hydrogen-bond donors (Lipinski definition) is 2. The predicted molar refractivity (Wildman–Crippen MR) is 223 cm³/mol. The molecule has 1 aliphatic heterocycles. The second-order valence-electron chi connectivity index (χ2n) is 15.9. The predicted octanol–water partition coefficient (Wildman–Crippen LogP) is 13.7. The van der Waals surface area contributed by atoms with Crippen molar-refractivity contribution in [2.45, 2.75) is 170 Å². The van der Waals surface area contributed by atoms with Crippen molar-refractivity contribution < 1.29 is 36.3 Å². The standard InChI is InChI=1S/C20H23F3.C20H30F2N2O2.C7H14O/c1-6-12(2)17-10-14(4)19(15(5)11-17)16-7-8-18(13(3)9-16)20(21,22)23;1-5-12-20(13-11-14(3)6-2)18(25)23-17(24-20)15-9-7-8-10-16(15)26-19(4,21)22;1-3-4-5-6-7(2)8/h7-12H,6H2,1-5H3;7-10,14,17,24H,5-6,11-13H2,1-4H3,(H,23,25);3-6H2,1-2H3. The highest BCUT2D eigenvalue weighted by atomic mass is 19.4. The molecular weight excluding hydrogens is 736 g/mol. The van der Waals surface area contributed by atoms with Gasteiger partial charge >= 0.3 is 12.3 Å². The summed E-state index contributed by atoms with van der Waals surface area (Å²) in [5, 5.41) is 6.33. The van der Waals surface area contributed by atoms with Crippen LogP contribution in [0.15, 0.2) is 54.6 Å². The Bertz CT molecular complexity index is 1710. The molecule has 0 aliphatic carbocycles. The number of hydrogen-bond acceptors (Lipinski definition) is 4. The van der Waals surface area contributed by atoms with E-state index in [1.54, 1.807) is 37.3 Å². The average molecular weight is 803 g/mol. The molecule has 0 saturated carbocycles. The Hall–Kier alpha value is -3.79. The average Bonchev–Trinajstić information content (AvgIpc) is 3.44. The van der Waals surface area contributed by atoms with E-state index in [0.717, 1.165) is 67.2 Å². The van der Waals surface area contributed by atoms with Gasteiger partial charge in [-0.15, -0.1) is 0 Å². The second-order valence-corrected chi connectivity index (χ2v) is 15.9. The highest BCUT2D eigenvalue weighted by molar-refractivity contribution is 5.89. The van der Waals surface area contributed by atoms with Crippen LogP contribution < -0.4 is 15.4 Å². The molecule has 4 rings (SSSR count). The molecule has 1 saturated heterocycles. The zero-order valence-electron chi connectivity index (χ0n) is 36.1. The number of unbranched alkanes of at least 4 members (excludes halogenated alkanes) is 2. The van der Waals surface area contributed by atoms with E-state index in [1.165, 1.54) is 37.5 Å². The van der Waals surface area contributed by atoms with E-state index in [1.807, 2.05) is 20.8 Å². The number of carbonyl (C=O) groups is 2. The van der Waals surface area contributed by atoms with E-state index < -0.39 is 29.6 Å². The smallest absolute Gasteiger partial charge is 0.416 e. The Labute approximate surface area is 338 Å².